The lowest BCUT2D eigenvalue weighted by Gasteiger charge is -2.24. The molecule has 0 bridgehead atoms. The van der Waals surface area contributed by atoms with Crippen molar-refractivity contribution < 1.29 is 14.3 Å². The highest BCUT2D eigenvalue weighted by Gasteiger charge is 2.18. The molecule has 0 aliphatic carbocycles. The molecular weight excluding hydrogens is 268 g/mol. The first kappa shape index (κ1) is 17.3. The normalized spacial score (nSPS) is 11.1. The average molecular weight is 294 g/mol. The van der Waals surface area contributed by atoms with Crippen molar-refractivity contribution in [2.75, 3.05) is 20.3 Å². The van der Waals surface area contributed by atoms with Gasteiger partial charge in [0.25, 0.3) is 5.91 Å². The number of nitrogens with two attached hydrogens (primary N) is 1. The van der Waals surface area contributed by atoms with Crippen molar-refractivity contribution in [3.8, 4) is 11.5 Å². The molecule has 0 saturated heterocycles. The van der Waals surface area contributed by atoms with Crippen LogP contribution in [0.5, 0.6) is 11.5 Å². The van der Waals surface area contributed by atoms with Crippen molar-refractivity contribution in [1.82, 2.24) is 5.32 Å². The second-order valence-corrected chi connectivity index (χ2v) is 5.59. The number of nitrogens with one attached hydrogen (secondary N) is 1. The van der Waals surface area contributed by atoms with E-state index in [4.69, 9.17) is 15.2 Å². The zero-order chi connectivity index (χ0) is 15.9. The summed E-state index contributed by atoms with van der Waals surface area (Å²) in [6, 6.07) is 5.55. The third kappa shape index (κ3) is 5.63. The summed E-state index contributed by atoms with van der Waals surface area (Å²) >= 11 is 0. The molecule has 0 aliphatic heterocycles. The maximum Gasteiger partial charge on any atom is 0.258 e. The SMILES string of the molecule is CCC(C)(C)NC(=O)COc1cc(OC)ccc1CCN. The van der Waals surface area contributed by atoms with E-state index in [1.165, 1.54) is 0 Å². The van der Waals surface area contributed by atoms with Gasteiger partial charge in [-0.2, -0.15) is 0 Å². The van der Waals surface area contributed by atoms with Crippen LogP contribution in [0.4, 0.5) is 0 Å². The fraction of sp³-hybridized carbons (Fsp3) is 0.562. The Morgan fingerprint density at radius 3 is 2.67 bits per heavy atom. The number of carbonyl (C=O) groups excluding carboxylic acids is 1. The Kier molecular flexibility index (Phi) is 6.49. The molecule has 1 rings (SSSR count). The number of rotatable bonds is 8. The van der Waals surface area contributed by atoms with Crippen LogP contribution in [0.15, 0.2) is 18.2 Å². The van der Waals surface area contributed by atoms with Crippen molar-refractivity contribution >= 4 is 5.91 Å². The van der Waals surface area contributed by atoms with Crippen LogP contribution in [0.3, 0.4) is 0 Å². The Morgan fingerprint density at radius 1 is 1.38 bits per heavy atom. The maximum atomic E-state index is 11.9. The van der Waals surface area contributed by atoms with Gasteiger partial charge in [0, 0.05) is 11.6 Å². The number of benzene rings is 1. The number of amides is 1. The summed E-state index contributed by atoms with van der Waals surface area (Å²) < 4.78 is 10.8. The summed E-state index contributed by atoms with van der Waals surface area (Å²) in [6.45, 7) is 6.50. The van der Waals surface area contributed by atoms with E-state index in [0.717, 1.165) is 12.0 Å². The zero-order valence-corrected chi connectivity index (χ0v) is 13.4. The molecule has 0 fully saturated rings. The molecule has 1 aromatic rings. The minimum Gasteiger partial charge on any atom is -0.497 e. The number of methoxy groups -OCH3 is 1. The molecule has 0 heterocycles. The topological polar surface area (TPSA) is 73.6 Å². The lowest BCUT2D eigenvalue weighted by Crippen LogP contribution is -2.44. The standard InChI is InChI=1S/C16H26N2O3/c1-5-16(2,3)18-15(19)11-21-14-10-13(20-4)7-6-12(14)8-9-17/h6-7,10H,5,8-9,11,17H2,1-4H3,(H,18,19). The van der Waals surface area contributed by atoms with Crippen molar-refractivity contribution in [3.63, 3.8) is 0 Å². The van der Waals surface area contributed by atoms with Gasteiger partial charge in [0.05, 0.1) is 7.11 Å². The molecule has 0 unspecified atom stereocenters. The van der Waals surface area contributed by atoms with Crippen LogP contribution in [0.1, 0.15) is 32.8 Å². The van der Waals surface area contributed by atoms with Crippen LogP contribution in [-0.2, 0) is 11.2 Å². The van der Waals surface area contributed by atoms with Gasteiger partial charge < -0.3 is 20.5 Å². The van der Waals surface area contributed by atoms with Crippen molar-refractivity contribution in [2.45, 2.75) is 39.2 Å². The number of hydrogen-bond donors (Lipinski definition) is 2. The fourth-order valence-electron chi connectivity index (χ4n) is 1.80. The Morgan fingerprint density at radius 2 is 2.10 bits per heavy atom. The van der Waals surface area contributed by atoms with E-state index in [1.807, 2.05) is 32.9 Å². The van der Waals surface area contributed by atoms with E-state index in [9.17, 15) is 4.79 Å². The van der Waals surface area contributed by atoms with Gasteiger partial charge in [-0.25, -0.2) is 0 Å². The first-order valence-corrected chi connectivity index (χ1v) is 7.22. The van der Waals surface area contributed by atoms with Crippen LogP contribution in [0, 0.1) is 0 Å². The van der Waals surface area contributed by atoms with Gasteiger partial charge in [-0.05, 0) is 44.9 Å². The molecule has 0 aromatic heterocycles. The first-order chi connectivity index (χ1) is 9.91. The van der Waals surface area contributed by atoms with Crippen molar-refractivity contribution in [1.29, 1.82) is 0 Å². The fourth-order valence-corrected chi connectivity index (χ4v) is 1.80. The summed E-state index contributed by atoms with van der Waals surface area (Å²) in [5.74, 6) is 1.20. The first-order valence-electron chi connectivity index (χ1n) is 7.22. The molecule has 0 atom stereocenters. The largest absolute Gasteiger partial charge is 0.497 e. The van der Waals surface area contributed by atoms with Crippen LogP contribution in [0.2, 0.25) is 0 Å². The van der Waals surface area contributed by atoms with Gasteiger partial charge in [-0.3, -0.25) is 4.79 Å². The number of ether oxygens (including phenoxy) is 2. The molecule has 3 N–H and O–H groups in total. The lowest BCUT2D eigenvalue weighted by atomic mass is 10.0. The van der Waals surface area contributed by atoms with Gasteiger partial charge in [-0.15, -0.1) is 0 Å². The van der Waals surface area contributed by atoms with Gasteiger partial charge in [0.1, 0.15) is 11.5 Å². The van der Waals surface area contributed by atoms with Crippen LogP contribution < -0.4 is 20.5 Å². The van der Waals surface area contributed by atoms with E-state index in [-0.39, 0.29) is 18.1 Å². The second kappa shape index (κ2) is 7.88. The zero-order valence-electron chi connectivity index (χ0n) is 13.4. The summed E-state index contributed by atoms with van der Waals surface area (Å²) in [5.41, 5.74) is 6.34. The second-order valence-electron chi connectivity index (χ2n) is 5.59. The van der Waals surface area contributed by atoms with Crippen LogP contribution in [-0.4, -0.2) is 31.7 Å². The van der Waals surface area contributed by atoms with Gasteiger partial charge in [0.2, 0.25) is 0 Å². The van der Waals surface area contributed by atoms with E-state index < -0.39 is 0 Å². The lowest BCUT2D eigenvalue weighted by molar-refractivity contribution is -0.124. The molecule has 1 amide bonds. The minimum atomic E-state index is -0.227. The van der Waals surface area contributed by atoms with E-state index in [2.05, 4.69) is 5.32 Å². The Hall–Kier alpha value is -1.75. The molecule has 5 heteroatoms. The van der Waals surface area contributed by atoms with Crippen LogP contribution >= 0.6 is 0 Å². The highest BCUT2D eigenvalue weighted by atomic mass is 16.5. The highest BCUT2D eigenvalue weighted by molar-refractivity contribution is 5.78. The van der Waals surface area contributed by atoms with Gasteiger partial charge in [0.15, 0.2) is 6.61 Å². The average Bonchev–Trinajstić information content (AvgIpc) is 2.46. The molecule has 0 aliphatic rings. The van der Waals surface area contributed by atoms with E-state index >= 15 is 0 Å². The van der Waals surface area contributed by atoms with Crippen molar-refractivity contribution in [2.24, 2.45) is 5.73 Å². The summed E-state index contributed by atoms with van der Waals surface area (Å²) in [6.07, 6.45) is 1.55. The monoisotopic (exact) mass is 294 g/mol. The number of hydrogen-bond acceptors (Lipinski definition) is 4. The predicted molar refractivity (Wildman–Crippen MR) is 83.8 cm³/mol. The van der Waals surface area contributed by atoms with Crippen LogP contribution in [0.25, 0.3) is 0 Å². The number of carbonyl (C=O) groups is 1. The molecule has 0 radical (unpaired) electrons. The van der Waals surface area contributed by atoms with Crippen molar-refractivity contribution in [3.05, 3.63) is 23.8 Å². The van der Waals surface area contributed by atoms with E-state index in [0.29, 0.717) is 24.5 Å². The molecule has 5 nitrogen and oxygen atoms in total. The molecule has 0 spiro atoms. The predicted octanol–water partition coefficient (Wildman–Crippen LogP) is 1.88. The summed E-state index contributed by atoms with van der Waals surface area (Å²) in [7, 11) is 1.60. The van der Waals surface area contributed by atoms with Gasteiger partial charge >= 0.3 is 0 Å². The smallest absolute Gasteiger partial charge is 0.258 e. The minimum absolute atomic E-state index is 0.0197. The summed E-state index contributed by atoms with van der Waals surface area (Å²) in [5, 5.41) is 2.94. The molecular formula is C16H26N2O3. The Labute approximate surface area is 126 Å². The third-order valence-corrected chi connectivity index (χ3v) is 3.41. The molecule has 21 heavy (non-hydrogen) atoms. The summed E-state index contributed by atoms with van der Waals surface area (Å²) in [4.78, 5) is 11.9. The highest BCUT2D eigenvalue weighted by Crippen LogP contribution is 2.25. The molecule has 0 saturated carbocycles. The molecule has 1 aromatic carbocycles. The molecule has 118 valence electrons. The maximum absolute atomic E-state index is 11.9. The Bertz CT molecular complexity index is 473. The van der Waals surface area contributed by atoms with E-state index in [1.54, 1.807) is 13.2 Å². The third-order valence-electron chi connectivity index (χ3n) is 3.41. The quantitative estimate of drug-likeness (QED) is 0.768. The van der Waals surface area contributed by atoms with Gasteiger partial charge in [-0.1, -0.05) is 13.0 Å². The Balaban J connectivity index is 2.71.